The van der Waals surface area contributed by atoms with Crippen LogP contribution in [0.25, 0.3) is 43.6 Å². The molecule has 4 aromatic heterocycles. The van der Waals surface area contributed by atoms with Gasteiger partial charge >= 0.3 is 30.0 Å². The van der Waals surface area contributed by atoms with E-state index in [1.54, 1.807) is 18.6 Å². The van der Waals surface area contributed by atoms with Gasteiger partial charge in [-0.2, -0.15) is 9.59 Å². The zero-order valence-electron chi connectivity index (χ0n) is 40.0. The van der Waals surface area contributed by atoms with Crippen molar-refractivity contribution in [3.8, 4) is 0 Å². The number of rotatable bonds is 11. The molecule has 78 heavy (non-hydrogen) atoms. The molecule has 8 aromatic rings. The molecular weight excluding hydrogens is 1060 g/mol. The number of aliphatic carboxylic acids is 4. The van der Waals surface area contributed by atoms with Crippen molar-refractivity contribution in [1.82, 2.24) is 26.1 Å². The van der Waals surface area contributed by atoms with E-state index in [4.69, 9.17) is 97.7 Å². The number of carbonyl (C=O) groups is 6. The van der Waals surface area contributed by atoms with Gasteiger partial charge in [-0.05, 0) is 46.5 Å². The van der Waals surface area contributed by atoms with Crippen LogP contribution in [0.15, 0.2) is 122 Å². The van der Waals surface area contributed by atoms with Crippen LogP contribution in [0.4, 0.5) is 0 Å². The zero-order valence-corrected chi connectivity index (χ0v) is 40.0. The molecule has 1 unspecified atom stereocenters. The molecule has 0 aliphatic carbocycles. The number of carboxylic acid groups (broad SMARTS) is 4. The number of H-pyrrole nitrogens is 4. The number of ketones is 2. The second-order valence-electron chi connectivity index (χ2n) is 13.1. The van der Waals surface area contributed by atoms with E-state index in [1.807, 2.05) is 103 Å². The number of Topliss-reactive ketones (excluding diaryl/α,β-unsaturated/α-hetero) is 2. The van der Waals surface area contributed by atoms with E-state index >= 15 is 0 Å². The summed E-state index contributed by atoms with van der Waals surface area (Å²) >= 11 is 0. The second-order valence-corrected chi connectivity index (χ2v) is 13.1. The summed E-state index contributed by atoms with van der Waals surface area (Å²) in [4.78, 5) is 120. The van der Waals surface area contributed by atoms with Crippen molar-refractivity contribution in [2.24, 2.45) is 5.73 Å². The molecule has 0 spiro atoms. The Labute approximate surface area is 434 Å². The predicted molar refractivity (Wildman–Crippen MR) is 276 cm³/mol. The number of nitrogens with one attached hydrogen (secondary N) is 4. The van der Waals surface area contributed by atoms with Gasteiger partial charge in [-0.1, -0.05) is 72.8 Å². The molecule has 4 heterocycles. The second kappa shape index (κ2) is 50.8. The first-order valence-electron chi connectivity index (χ1n) is 19.3. The highest BCUT2D eigenvalue weighted by Gasteiger charge is 2.16. The van der Waals surface area contributed by atoms with Crippen LogP contribution in [0.3, 0.4) is 0 Å². The first-order chi connectivity index (χ1) is 35.2. The number of carbonyl (C=O) groups excluding carboxylic acids is 4. The molecule has 432 valence electrons. The summed E-state index contributed by atoms with van der Waals surface area (Å²) in [5.74, 6) is -6.13. The number of carboxylic acids is 4. The number of aromatic nitrogens is 4. The predicted octanol–water partition coefficient (Wildman–Crippen LogP) is 2.13. The molecule has 0 saturated heterocycles. The average Bonchev–Trinajstić information content (AvgIpc) is 4.24. The topological polar surface area (TPSA) is 698 Å². The van der Waals surface area contributed by atoms with Crippen LogP contribution in [0.2, 0.25) is 0 Å². The van der Waals surface area contributed by atoms with Crippen molar-refractivity contribution in [3.63, 3.8) is 0 Å². The Morgan fingerprint density at radius 1 is 0.423 bits per heavy atom. The minimum atomic E-state index is -1.39. The van der Waals surface area contributed by atoms with Gasteiger partial charge in [0.05, 0.1) is 6.42 Å². The minimum Gasteiger partial charge on any atom is -0.481 e. The lowest BCUT2D eigenvalue weighted by Gasteiger charge is -2.04. The standard InChI is InChI=1S/C11H12N2O2.2C11H9NO3.C10H9NO2.CO2.H3N.4H2O2.2O2.4H2O/c12-9(11(14)15)5-7-6-13-10-4-2-1-3-8(7)10;2*13-10(11(14)15)5-7-6-12-9-4-2-1-3-8(7)9;12-10(13)5-7-6-11-9-4-2-1-3-8(7)9;2-1-3;;6*1-2;;;;/h1-4,6,9,13H,5,12H2,(H,14,15);2*1-4,6,12H,5H2,(H,14,15);1-4,6,11H,5H2,(H,12,13);;1H3;4*1-2H;;;4*1H2. The monoisotopic (exact) mass is 1120 g/mol. The van der Waals surface area contributed by atoms with Crippen molar-refractivity contribution in [1.29, 1.82) is 0 Å². The van der Waals surface area contributed by atoms with E-state index in [1.165, 1.54) is 0 Å². The van der Waals surface area contributed by atoms with Crippen molar-refractivity contribution in [2.75, 3.05) is 0 Å². The summed E-state index contributed by atoms with van der Waals surface area (Å²) in [5, 5.41) is 86.2. The van der Waals surface area contributed by atoms with Crippen LogP contribution in [-0.2, 0) is 64.0 Å². The Bertz CT molecular complexity index is 2810. The van der Waals surface area contributed by atoms with Crippen molar-refractivity contribution >= 4 is 85.2 Å². The zero-order chi connectivity index (χ0) is 56.5. The third-order valence-corrected chi connectivity index (χ3v) is 8.98. The lowest BCUT2D eigenvalue weighted by atomic mass is 10.1. The molecule has 4 aromatic carbocycles. The number of nitrogens with two attached hydrogens (primary N) is 1. The van der Waals surface area contributed by atoms with Gasteiger partial charge in [0.15, 0.2) is 0 Å². The molecule has 0 amide bonds. The van der Waals surface area contributed by atoms with Crippen molar-refractivity contribution < 1.29 is 123 Å². The minimum absolute atomic E-state index is 0. The summed E-state index contributed by atoms with van der Waals surface area (Å²) in [6.07, 6.45) is 7.44. The van der Waals surface area contributed by atoms with Gasteiger partial charge in [-0.3, -0.25) is 61.2 Å². The van der Waals surface area contributed by atoms with Gasteiger partial charge in [0, 0.05) is 108 Å². The van der Waals surface area contributed by atoms with Crippen LogP contribution < -0.4 is 11.9 Å². The van der Waals surface area contributed by atoms with Crippen LogP contribution >= 0.6 is 0 Å². The summed E-state index contributed by atoms with van der Waals surface area (Å²) < 4.78 is 0. The molecule has 34 heteroatoms. The first-order valence-corrected chi connectivity index (χ1v) is 19.3. The molecule has 29 N–H and O–H groups in total. The fourth-order valence-corrected chi connectivity index (χ4v) is 6.12. The Balaban J connectivity index is -0.000000126. The van der Waals surface area contributed by atoms with E-state index in [9.17, 15) is 28.8 Å². The van der Waals surface area contributed by atoms with Crippen molar-refractivity contribution in [3.05, 3.63) is 164 Å². The highest BCUT2D eigenvalue weighted by Crippen LogP contribution is 2.21. The summed E-state index contributed by atoms with van der Waals surface area (Å²) in [6, 6.07) is 29.5. The van der Waals surface area contributed by atoms with Crippen LogP contribution in [0.1, 0.15) is 22.3 Å². The van der Waals surface area contributed by atoms with E-state index in [-0.39, 0.29) is 53.5 Å². The number of fused-ring (bicyclic) bond motifs is 4. The van der Waals surface area contributed by atoms with E-state index in [0.717, 1.165) is 65.9 Å². The smallest absolute Gasteiger partial charge is 0.373 e. The molecule has 1 atom stereocenters. The fourth-order valence-electron chi connectivity index (χ4n) is 6.12. The Hall–Kier alpha value is -9.72. The van der Waals surface area contributed by atoms with Gasteiger partial charge in [0.2, 0.25) is 11.6 Å². The molecule has 0 aliphatic heterocycles. The third-order valence-electron chi connectivity index (χ3n) is 8.98. The average molecular weight is 1120 g/mol. The largest absolute Gasteiger partial charge is 0.481 e. The molecule has 0 aliphatic rings. The normalized spacial score (nSPS) is 8.73. The van der Waals surface area contributed by atoms with Gasteiger partial charge in [-0.25, -0.2) is 9.59 Å². The Kier molecular flexibility index (Phi) is 55.4. The molecule has 8 rings (SSSR count). The third kappa shape index (κ3) is 29.2. The highest BCUT2D eigenvalue weighted by atomic mass is 17.0. The molecule has 34 nitrogen and oxygen atoms in total. The lowest BCUT2D eigenvalue weighted by Crippen LogP contribution is -2.32. The van der Waals surface area contributed by atoms with Gasteiger partial charge in [0.1, 0.15) is 6.04 Å². The maximum Gasteiger partial charge on any atom is 0.373 e. The van der Waals surface area contributed by atoms with E-state index in [2.05, 4.69) is 19.9 Å². The maximum atomic E-state index is 11.0. The van der Waals surface area contributed by atoms with Crippen molar-refractivity contribution in [2.45, 2.75) is 31.7 Å². The molecule has 0 bridgehead atoms. The quantitative estimate of drug-likeness (QED) is 0.0501. The lowest BCUT2D eigenvalue weighted by molar-refractivity contribution is -0.191. The number of benzene rings is 4. The van der Waals surface area contributed by atoms with Crippen LogP contribution in [-0.4, -0.2) is 152 Å². The summed E-state index contributed by atoms with van der Waals surface area (Å²) in [7, 11) is 0. The van der Waals surface area contributed by atoms with Crippen LogP contribution in [0, 0.1) is 19.9 Å². The Morgan fingerprint density at radius 2 is 0.641 bits per heavy atom. The number of hydrogen-bond donors (Lipinski definition) is 18. The van der Waals surface area contributed by atoms with Crippen LogP contribution in [0.5, 0.6) is 0 Å². The van der Waals surface area contributed by atoms with E-state index < -0.39 is 41.5 Å². The summed E-state index contributed by atoms with van der Waals surface area (Å²) in [6.45, 7) is 0. The highest BCUT2D eigenvalue weighted by molar-refractivity contribution is 6.33. The van der Waals surface area contributed by atoms with Gasteiger partial charge in [-0.15, -0.1) is 0 Å². The number of hydrogen-bond acceptors (Lipinski definition) is 22. The fraction of sp³-hybridized carbons (Fsp3) is 0.114. The molecule has 0 radical (unpaired) electrons. The molecule has 0 fully saturated rings. The van der Waals surface area contributed by atoms with E-state index in [0.29, 0.717) is 6.42 Å². The SMILES string of the molecule is N.NC(Cc1c[nH]c2ccccc12)C(=O)O.O.O.O.O.O=C(O)C(=O)Cc1c[nH]c2ccccc12.O=C(O)C(=O)Cc1c[nH]c2ccccc12.O=C(O)Cc1c[nH]c2ccccc12.O=C=O.O=O.O=O.OO.OO.OO.OO. The Morgan fingerprint density at radius 3 is 0.872 bits per heavy atom. The van der Waals surface area contributed by atoms with Gasteiger partial charge in [0.25, 0.3) is 0 Å². The number of aromatic amines is 4. The first kappa shape index (κ1) is 85.1. The molecular formula is C44H58N6O28. The molecule has 0 saturated carbocycles. The number of para-hydroxylation sites is 4. The maximum absolute atomic E-state index is 11.0. The summed E-state index contributed by atoms with van der Waals surface area (Å²) in [5.41, 5.74) is 12.5. The van der Waals surface area contributed by atoms with Gasteiger partial charge < -0.3 is 74.2 Å².